The number of carbonyl (C=O) groups excluding carboxylic acids is 2. The molecule has 2 aliphatic rings. The minimum Gasteiger partial charge on any atom is -0.326 e. The predicted octanol–water partition coefficient (Wildman–Crippen LogP) is 4.86. The lowest BCUT2D eigenvalue weighted by atomic mass is 10.1. The number of para-hydroxylation sites is 1. The van der Waals surface area contributed by atoms with Gasteiger partial charge in [0, 0.05) is 23.0 Å². The van der Waals surface area contributed by atoms with Crippen LogP contribution in [0.4, 0.5) is 11.4 Å². The second-order valence-corrected chi connectivity index (χ2v) is 11.4. The molecule has 2 aliphatic carbocycles. The molecule has 0 atom stereocenters. The maximum atomic E-state index is 13.2. The summed E-state index contributed by atoms with van der Waals surface area (Å²) in [6.07, 6.45) is 4.11. The number of hydrogen-bond donors (Lipinski definition) is 1. The Morgan fingerprint density at radius 3 is 2.09 bits per heavy atom. The zero-order chi connectivity index (χ0) is 24.4. The van der Waals surface area contributed by atoms with Crippen molar-refractivity contribution >= 4 is 33.0 Å². The number of rotatable bonds is 9. The van der Waals surface area contributed by atoms with Crippen LogP contribution in [0.1, 0.15) is 41.6 Å². The summed E-state index contributed by atoms with van der Waals surface area (Å²) in [5.74, 6) is 0.242. The van der Waals surface area contributed by atoms with Crippen molar-refractivity contribution in [1.29, 1.82) is 0 Å². The summed E-state index contributed by atoms with van der Waals surface area (Å²) in [4.78, 5) is 27.8. The number of carbonyl (C=O) groups is 2. The maximum Gasteiger partial charge on any atom is 0.258 e. The van der Waals surface area contributed by atoms with Crippen LogP contribution in [0.25, 0.3) is 0 Å². The van der Waals surface area contributed by atoms with Crippen molar-refractivity contribution < 1.29 is 18.0 Å². The molecule has 6 nitrogen and oxygen atoms in total. The van der Waals surface area contributed by atoms with E-state index in [0.717, 1.165) is 36.9 Å². The van der Waals surface area contributed by atoms with Crippen LogP contribution in [0, 0.1) is 5.92 Å². The zero-order valence-electron chi connectivity index (χ0n) is 19.4. The van der Waals surface area contributed by atoms with Crippen molar-refractivity contribution in [2.75, 3.05) is 16.0 Å². The molecule has 2 amide bonds. The van der Waals surface area contributed by atoms with Crippen LogP contribution in [0.5, 0.6) is 0 Å². The fraction of sp³-hybridized carbons (Fsp3) is 0.286. The van der Waals surface area contributed by atoms with E-state index in [0.29, 0.717) is 22.1 Å². The molecule has 2 saturated carbocycles. The van der Waals surface area contributed by atoms with Crippen LogP contribution in [0.15, 0.2) is 83.8 Å². The molecular weight excluding hydrogens is 460 g/mol. The van der Waals surface area contributed by atoms with Gasteiger partial charge in [-0.3, -0.25) is 9.59 Å². The van der Waals surface area contributed by atoms with Crippen molar-refractivity contribution in [3.8, 4) is 0 Å². The quantitative estimate of drug-likeness (QED) is 0.466. The lowest BCUT2D eigenvalue weighted by molar-refractivity contribution is -0.115. The van der Waals surface area contributed by atoms with Gasteiger partial charge in [-0.25, -0.2) is 8.42 Å². The summed E-state index contributed by atoms with van der Waals surface area (Å²) in [6, 6.07) is 23.4. The second-order valence-electron chi connectivity index (χ2n) is 9.41. The van der Waals surface area contributed by atoms with Gasteiger partial charge < -0.3 is 10.2 Å². The van der Waals surface area contributed by atoms with Crippen molar-refractivity contribution in [3.63, 3.8) is 0 Å². The first-order valence-electron chi connectivity index (χ1n) is 12.0. The Kier molecular flexibility index (Phi) is 6.43. The molecule has 180 valence electrons. The van der Waals surface area contributed by atoms with Gasteiger partial charge in [-0.2, -0.15) is 0 Å². The van der Waals surface area contributed by atoms with E-state index in [4.69, 9.17) is 0 Å². The summed E-state index contributed by atoms with van der Waals surface area (Å²) in [5.41, 5.74) is 2.81. The third-order valence-electron chi connectivity index (χ3n) is 6.38. The molecule has 3 aromatic carbocycles. The summed E-state index contributed by atoms with van der Waals surface area (Å²) >= 11 is 0. The molecular formula is C28H28N2O4S. The highest BCUT2D eigenvalue weighted by Crippen LogP contribution is 2.33. The highest BCUT2D eigenvalue weighted by Gasteiger charge is 2.34. The van der Waals surface area contributed by atoms with Gasteiger partial charge >= 0.3 is 0 Å². The van der Waals surface area contributed by atoms with Crippen LogP contribution in [-0.2, 0) is 21.1 Å². The summed E-state index contributed by atoms with van der Waals surface area (Å²) in [7, 11) is -3.26. The van der Waals surface area contributed by atoms with Crippen molar-refractivity contribution in [2.24, 2.45) is 5.92 Å². The third kappa shape index (κ3) is 5.80. The third-order valence-corrected chi connectivity index (χ3v) is 8.28. The molecule has 35 heavy (non-hydrogen) atoms. The molecule has 7 heteroatoms. The van der Waals surface area contributed by atoms with E-state index in [1.165, 1.54) is 0 Å². The van der Waals surface area contributed by atoms with Gasteiger partial charge in [0.05, 0.1) is 17.1 Å². The summed E-state index contributed by atoms with van der Waals surface area (Å²) in [5, 5.41) is 2.85. The standard InChI is InChI=1S/C28H28N2O4S/c31-27(18-20-8-16-26(17-9-20)35(33,34)19-21-6-7-21)29-23-12-10-22(11-13-23)28(32)30(25-14-15-25)24-4-2-1-3-5-24/h1-5,8-13,16-17,21,25H,6-7,14-15,18-19H2,(H,29,31). The number of benzene rings is 3. The Balaban J connectivity index is 1.19. The molecule has 0 aromatic heterocycles. The Labute approximate surface area is 205 Å². The summed E-state index contributed by atoms with van der Waals surface area (Å²) < 4.78 is 24.8. The molecule has 2 fully saturated rings. The Morgan fingerprint density at radius 2 is 1.49 bits per heavy atom. The predicted molar refractivity (Wildman–Crippen MR) is 136 cm³/mol. The largest absolute Gasteiger partial charge is 0.326 e. The lowest BCUT2D eigenvalue weighted by Gasteiger charge is -2.22. The topological polar surface area (TPSA) is 83.5 Å². The van der Waals surface area contributed by atoms with E-state index in [9.17, 15) is 18.0 Å². The normalized spacial score (nSPS) is 15.4. The fourth-order valence-corrected chi connectivity index (χ4v) is 5.84. The van der Waals surface area contributed by atoms with Crippen molar-refractivity contribution in [1.82, 2.24) is 0 Å². The molecule has 0 unspecified atom stereocenters. The van der Waals surface area contributed by atoms with Gasteiger partial charge in [0.25, 0.3) is 5.91 Å². The first-order valence-corrected chi connectivity index (χ1v) is 13.6. The highest BCUT2D eigenvalue weighted by molar-refractivity contribution is 7.91. The van der Waals surface area contributed by atoms with Gasteiger partial charge in [-0.15, -0.1) is 0 Å². The van der Waals surface area contributed by atoms with Crippen LogP contribution in [0.3, 0.4) is 0 Å². The number of nitrogens with one attached hydrogen (secondary N) is 1. The number of nitrogens with zero attached hydrogens (tertiary/aromatic N) is 1. The number of amides is 2. The van der Waals surface area contributed by atoms with Gasteiger partial charge in [-0.1, -0.05) is 30.3 Å². The second kappa shape index (κ2) is 9.66. The van der Waals surface area contributed by atoms with Crippen molar-refractivity contribution in [2.45, 2.75) is 43.0 Å². The summed E-state index contributed by atoms with van der Waals surface area (Å²) in [6.45, 7) is 0. The van der Waals surface area contributed by atoms with E-state index in [2.05, 4.69) is 5.32 Å². The van der Waals surface area contributed by atoms with E-state index in [-0.39, 0.29) is 30.0 Å². The fourth-order valence-electron chi connectivity index (χ4n) is 4.15. The number of hydrogen-bond acceptors (Lipinski definition) is 4. The van der Waals surface area contributed by atoms with Gasteiger partial charge in [0.1, 0.15) is 0 Å². The lowest BCUT2D eigenvalue weighted by Crippen LogP contribution is -2.33. The highest BCUT2D eigenvalue weighted by atomic mass is 32.2. The minimum atomic E-state index is -3.26. The smallest absolute Gasteiger partial charge is 0.258 e. The average molecular weight is 489 g/mol. The van der Waals surface area contributed by atoms with Gasteiger partial charge in [-0.05, 0) is 85.7 Å². The first kappa shape index (κ1) is 23.3. The minimum absolute atomic E-state index is 0.0479. The Hall–Kier alpha value is -3.45. The van der Waals surface area contributed by atoms with Crippen LogP contribution < -0.4 is 10.2 Å². The van der Waals surface area contributed by atoms with Crippen LogP contribution in [0.2, 0.25) is 0 Å². The van der Waals surface area contributed by atoms with E-state index in [1.807, 2.05) is 35.2 Å². The van der Waals surface area contributed by atoms with E-state index in [1.54, 1.807) is 48.5 Å². The monoisotopic (exact) mass is 488 g/mol. The number of anilines is 2. The molecule has 0 spiro atoms. The van der Waals surface area contributed by atoms with Gasteiger partial charge in [0.15, 0.2) is 9.84 Å². The molecule has 0 radical (unpaired) electrons. The molecule has 5 rings (SSSR count). The van der Waals surface area contributed by atoms with E-state index >= 15 is 0 Å². The molecule has 0 saturated heterocycles. The molecule has 0 aliphatic heterocycles. The molecule has 1 N–H and O–H groups in total. The van der Waals surface area contributed by atoms with Crippen LogP contribution in [-0.4, -0.2) is 32.0 Å². The van der Waals surface area contributed by atoms with Gasteiger partial charge in [0.2, 0.25) is 5.91 Å². The molecule has 0 heterocycles. The maximum absolute atomic E-state index is 13.2. The van der Waals surface area contributed by atoms with Crippen LogP contribution >= 0.6 is 0 Å². The molecule has 3 aromatic rings. The average Bonchev–Trinajstić information content (AvgIpc) is 3.78. The molecule has 0 bridgehead atoms. The van der Waals surface area contributed by atoms with E-state index < -0.39 is 9.84 Å². The first-order chi connectivity index (χ1) is 16.9. The zero-order valence-corrected chi connectivity index (χ0v) is 20.2. The van der Waals surface area contributed by atoms with Crippen molar-refractivity contribution in [3.05, 3.63) is 90.0 Å². The Morgan fingerprint density at radius 1 is 0.829 bits per heavy atom. The SMILES string of the molecule is O=C(Cc1ccc(S(=O)(=O)CC2CC2)cc1)Nc1ccc(C(=O)N(c2ccccc2)C2CC2)cc1. The number of sulfone groups is 1. The Bertz CT molecular complexity index is 1310.